The lowest BCUT2D eigenvalue weighted by Gasteiger charge is -2.49. The summed E-state index contributed by atoms with van der Waals surface area (Å²) in [5, 5.41) is 12.3. The molecule has 0 unspecified atom stereocenters. The Morgan fingerprint density at radius 2 is 1.61 bits per heavy atom. The molecule has 2 heterocycles. The largest absolute Gasteiger partial charge is 0.511 e. The first kappa shape index (κ1) is 30.4. The lowest BCUT2D eigenvalue weighted by atomic mass is 9.71. The van der Waals surface area contributed by atoms with Crippen LogP contribution in [0.4, 0.5) is 18.0 Å². The van der Waals surface area contributed by atoms with Crippen LogP contribution in [0.1, 0.15) is 56.2 Å². The van der Waals surface area contributed by atoms with E-state index in [1.54, 1.807) is 0 Å². The zero-order chi connectivity index (χ0) is 29.6. The number of alkyl halides is 3. The summed E-state index contributed by atoms with van der Waals surface area (Å²) in [6.45, 7) is 2.38. The van der Waals surface area contributed by atoms with Gasteiger partial charge in [-0.25, -0.2) is 9.48 Å². The van der Waals surface area contributed by atoms with E-state index in [9.17, 15) is 22.8 Å². The van der Waals surface area contributed by atoms with Gasteiger partial charge in [-0.3, -0.25) is 9.69 Å². The van der Waals surface area contributed by atoms with Gasteiger partial charge in [-0.15, -0.1) is 0 Å². The number of ether oxygens (including phenoxy) is 1. The zero-order valence-corrected chi connectivity index (χ0v) is 23.1. The van der Waals surface area contributed by atoms with Crippen LogP contribution in [0.5, 0.6) is 5.75 Å². The van der Waals surface area contributed by atoms with E-state index in [2.05, 4.69) is 45.1 Å². The lowest BCUT2D eigenvalue weighted by molar-refractivity contribution is -0.143. The molecule has 2 aromatic carbocycles. The number of hydrogen-bond acceptors (Lipinski definition) is 5. The number of carboxylic acid groups (broad SMARTS) is 1. The smallest absolute Gasteiger partial charge is 0.449 e. The second-order valence-corrected chi connectivity index (χ2v) is 10.7. The van der Waals surface area contributed by atoms with E-state index < -0.39 is 23.8 Å². The fraction of sp³-hybridized carbons (Fsp3) is 0.414. The lowest BCUT2D eigenvalue weighted by Crippen LogP contribution is -2.51. The highest BCUT2D eigenvalue weighted by molar-refractivity contribution is 6.30. The Morgan fingerprint density at radius 1 is 1.00 bits per heavy atom. The number of rotatable bonds is 5. The van der Waals surface area contributed by atoms with Crippen LogP contribution in [-0.4, -0.2) is 44.9 Å². The number of nitrogens with two attached hydrogens (primary N) is 1. The van der Waals surface area contributed by atoms with Gasteiger partial charge in [-0.1, -0.05) is 48.4 Å². The second-order valence-electron chi connectivity index (χ2n) is 10.2. The zero-order valence-electron chi connectivity index (χ0n) is 22.3. The number of likely N-dealkylation sites (tertiary alicyclic amines) is 1. The molecule has 3 N–H and O–H groups in total. The Balaban J connectivity index is 0.000000189. The number of nitrogens with zero attached hydrogens (tertiary/aromatic N) is 3. The summed E-state index contributed by atoms with van der Waals surface area (Å²) in [4.78, 5) is 24.6. The van der Waals surface area contributed by atoms with E-state index >= 15 is 0 Å². The molecule has 220 valence electrons. The normalized spacial score (nSPS) is 21.4. The van der Waals surface area contributed by atoms with Crippen molar-refractivity contribution in [3.8, 4) is 11.4 Å². The van der Waals surface area contributed by atoms with Crippen LogP contribution in [0.25, 0.3) is 5.69 Å². The van der Waals surface area contributed by atoms with Crippen LogP contribution in [-0.2, 0) is 16.5 Å². The van der Waals surface area contributed by atoms with E-state index in [1.165, 1.54) is 62.2 Å². The van der Waals surface area contributed by atoms with Gasteiger partial charge in [0.05, 0.1) is 11.9 Å². The van der Waals surface area contributed by atoms with Gasteiger partial charge in [0.15, 0.2) is 11.4 Å². The highest BCUT2D eigenvalue weighted by Crippen LogP contribution is 2.45. The Labute approximate surface area is 240 Å². The molecule has 0 spiro atoms. The van der Waals surface area contributed by atoms with Gasteiger partial charge < -0.3 is 15.6 Å². The van der Waals surface area contributed by atoms with Crippen LogP contribution in [0.2, 0.25) is 5.02 Å². The van der Waals surface area contributed by atoms with Gasteiger partial charge in [0.25, 0.3) is 0 Å². The molecular weight excluding hydrogens is 561 g/mol. The third kappa shape index (κ3) is 7.20. The molecule has 0 atom stereocenters. The molecule has 1 aliphatic heterocycles. The van der Waals surface area contributed by atoms with Crippen molar-refractivity contribution < 1.29 is 32.6 Å². The first-order valence-corrected chi connectivity index (χ1v) is 13.8. The van der Waals surface area contributed by atoms with Crippen molar-refractivity contribution in [3.63, 3.8) is 0 Å². The topological polar surface area (TPSA) is 111 Å². The first-order valence-electron chi connectivity index (χ1n) is 13.4. The molecule has 5 rings (SSSR count). The number of aromatic nitrogens is 2. The summed E-state index contributed by atoms with van der Waals surface area (Å²) in [5.41, 5.74) is 5.83. The number of hydrogen-bond donors (Lipinski definition) is 2. The van der Waals surface area contributed by atoms with Crippen molar-refractivity contribution in [2.24, 2.45) is 11.7 Å². The van der Waals surface area contributed by atoms with E-state index in [1.807, 2.05) is 0 Å². The summed E-state index contributed by atoms with van der Waals surface area (Å²) in [7, 11) is 0. The van der Waals surface area contributed by atoms with Gasteiger partial charge in [0, 0.05) is 16.5 Å². The molecule has 1 amide bonds. The van der Waals surface area contributed by atoms with Gasteiger partial charge in [0.2, 0.25) is 5.91 Å². The summed E-state index contributed by atoms with van der Waals surface area (Å²) in [6, 6.07) is 16.3. The number of primary amides is 1. The molecule has 8 nitrogen and oxygen atoms in total. The summed E-state index contributed by atoms with van der Waals surface area (Å²) in [5.74, 6) is -0.929. The third-order valence-electron chi connectivity index (χ3n) is 7.76. The molecular formula is C29H32ClF3N4O4. The van der Waals surface area contributed by atoms with Crippen molar-refractivity contribution in [2.75, 3.05) is 13.1 Å². The summed E-state index contributed by atoms with van der Waals surface area (Å²) >= 11 is 5.65. The van der Waals surface area contributed by atoms with E-state index in [0.29, 0.717) is 15.9 Å². The molecule has 12 heteroatoms. The monoisotopic (exact) mass is 592 g/mol. The maximum Gasteiger partial charge on any atom is 0.511 e. The standard InChI is InChI=1S/C18H26N2O.C11H6ClF3N2O3/c19-17(21)15-9-11-18(12-10-15,16-7-3-1-4-8-16)20-13-5-2-6-14-20;12-6-1-3-7(4-2-6)17-9(11(13,14)15)8(5-16-17)20-10(18)19/h1,3-4,7-8,15H,2,5-6,9-14H2,(H2,19,21);1-5H,(H,18,19). The molecule has 41 heavy (non-hydrogen) atoms. The maximum atomic E-state index is 13.0. The quantitative estimate of drug-likeness (QED) is 0.321. The molecule has 1 aromatic heterocycles. The van der Waals surface area contributed by atoms with Crippen molar-refractivity contribution in [1.82, 2.24) is 14.7 Å². The maximum absolute atomic E-state index is 13.0. The molecule has 0 bridgehead atoms. The Hall–Kier alpha value is -3.57. The van der Waals surface area contributed by atoms with E-state index in [0.717, 1.165) is 25.7 Å². The molecule has 1 aliphatic carbocycles. The fourth-order valence-corrected chi connectivity index (χ4v) is 5.90. The highest BCUT2D eigenvalue weighted by Gasteiger charge is 2.43. The SMILES string of the molecule is NC(=O)C1CCC(c2ccccc2)(N2CCCCC2)CC1.O=C(O)Oc1cnn(-c2ccc(Cl)cc2)c1C(F)(F)F. The number of piperidine rings is 1. The van der Waals surface area contributed by atoms with Crippen LogP contribution in [0.3, 0.4) is 0 Å². The van der Waals surface area contributed by atoms with Gasteiger partial charge >= 0.3 is 12.3 Å². The molecule has 2 fully saturated rings. The van der Waals surface area contributed by atoms with Crippen molar-refractivity contribution in [2.45, 2.75) is 56.7 Å². The molecule has 1 saturated heterocycles. The average Bonchev–Trinajstić information content (AvgIpc) is 3.38. The van der Waals surface area contributed by atoms with Crippen LogP contribution < -0.4 is 10.5 Å². The minimum absolute atomic E-state index is 0.0713. The van der Waals surface area contributed by atoms with Gasteiger partial charge in [-0.05, 0) is 81.4 Å². The molecule has 2 aliphatic rings. The van der Waals surface area contributed by atoms with Crippen molar-refractivity contribution in [3.05, 3.63) is 77.1 Å². The van der Waals surface area contributed by atoms with Crippen molar-refractivity contribution >= 4 is 23.7 Å². The predicted octanol–water partition coefficient (Wildman–Crippen LogP) is 6.64. The summed E-state index contributed by atoms with van der Waals surface area (Å²) in [6.07, 6.45) is 1.93. The molecule has 0 radical (unpaired) electrons. The van der Waals surface area contributed by atoms with Crippen LogP contribution in [0.15, 0.2) is 60.8 Å². The predicted molar refractivity (Wildman–Crippen MR) is 147 cm³/mol. The number of benzene rings is 2. The number of carbonyl (C=O) groups excluding carboxylic acids is 1. The summed E-state index contributed by atoms with van der Waals surface area (Å²) < 4.78 is 43.6. The molecule has 3 aromatic rings. The Morgan fingerprint density at radius 3 is 2.15 bits per heavy atom. The fourth-order valence-electron chi connectivity index (χ4n) is 5.78. The average molecular weight is 593 g/mol. The van der Waals surface area contributed by atoms with Gasteiger partial charge in [-0.2, -0.15) is 18.3 Å². The van der Waals surface area contributed by atoms with Crippen LogP contribution in [0, 0.1) is 5.92 Å². The number of carbonyl (C=O) groups is 2. The Kier molecular flexibility index (Phi) is 9.60. The molecule has 1 saturated carbocycles. The second kappa shape index (κ2) is 12.9. The van der Waals surface area contributed by atoms with Gasteiger partial charge in [0.1, 0.15) is 0 Å². The highest BCUT2D eigenvalue weighted by atomic mass is 35.5. The number of halogens is 4. The van der Waals surface area contributed by atoms with Crippen LogP contribution >= 0.6 is 11.6 Å². The first-order chi connectivity index (χ1) is 19.5. The third-order valence-corrected chi connectivity index (χ3v) is 8.01. The Bertz CT molecular complexity index is 1320. The van der Waals surface area contributed by atoms with Crippen molar-refractivity contribution in [1.29, 1.82) is 0 Å². The minimum atomic E-state index is -4.83. The minimum Gasteiger partial charge on any atom is -0.449 e. The van der Waals surface area contributed by atoms with E-state index in [4.69, 9.17) is 22.4 Å². The van der Waals surface area contributed by atoms with E-state index in [-0.39, 0.29) is 23.1 Å². The number of amides is 1.